The van der Waals surface area contributed by atoms with Gasteiger partial charge in [-0.25, -0.2) is 0 Å². The summed E-state index contributed by atoms with van der Waals surface area (Å²) in [6.07, 6.45) is 0.939. The second kappa shape index (κ2) is 9.03. The van der Waals surface area contributed by atoms with Crippen molar-refractivity contribution in [3.05, 3.63) is 29.3 Å². The number of aryl methyl sites for hydroxylation is 2. The monoisotopic (exact) mass is 292 g/mol. The van der Waals surface area contributed by atoms with Crippen LogP contribution >= 0.6 is 0 Å². The van der Waals surface area contributed by atoms with Crippen molar-refractivity contribution in [3.63, 3.8) is 0 Å². The number of hydrogen-bond acceptors (Lipinski definition) is 4. The van der Waals surface area contributed by atoms with E-state index in [4.69, 9.17) is 9.47 Å². The Bertz CT molecular complexity index is 417. The van der Waals surface area contributed by atoms with Gasteiger partial charge in [0.15, 0.2) is 0 Å². The summed E-state index contributed by atoms with van der Waals surface area (Å²) in [5, 5.41) is 3.36. The molecule has 0 unspecified atom stereocenters. The lowest BCUT2D eigenvalue weighted by molar-refractivity contribution is 0.0901. The van der Waals surface area contributed by atoms with Crippen molar-refractivity contribution >= 4 is 0 Å². The highest BCUT2D eigenvalue weighted by atomic mass is 16.5. The van der Waals surface area contributed by atoms with Gasteiger partial charge in [-0.1, -0.05) is 17.7 Å². The Kier molecular flexibility index (Phi) is 7.00. The van der Waals surface area contributed by atoms with E-state index in [0.29, 0.717) is 0 Å². The second-order valence-electron chi connectivity index (χ2n) is 5.67. The first kappa shape index (κ1) is 16.3. The van der Waals surface area contributed by atoms with E-state index >= 15 is 0 Å². The van der Waals surface area contributed by atoms with Crippen LogP contribution < -0.4 is 10.1 Å². The maximum atomic E-state index is 5.79. The Morgan fingerprint density at radius 1 is 1.10 bits per heavy atom. The van der Waals surface area contributed by atoms with Gasteiger partial charge in [0, 0.05) is 45.8 Å². The summed E-state index contributed by atoms with van der Waals surface area (Å²) in [4.78, 5) is 2.45. The van der Waals surface area contributed by atoms with Crippen molar-refractivity contribution in [2.45, 2.75) is 20.3 Å². The molecule has 4 nitrogen and oxygen atoms in total. The van der Waals surface area contributed by atoms with Crippen molar-refractivity contribution < 1.29 is 9.47 Å². The van der Waals surface area contributed by atoms with Crippen molar-refractivity contribution in [1.29, 1.82) is 0 Å². The maximum absolute atomic E-state index is 5.79. The largest absolute Gasteiger partial charge is 0.493 e. The van der Waals surface area contributed by atoms with Crippen LogP contribution in [0.5, 0.6) is 5.75 Å². The second-order valence-corrected chi connectivity index (χ2v) is 5.67. The predicted octanol–water partition coefficient (Wildman–Crippen LogP) is 1.99. The smallest absolute Gasteiger partial charge is 0.122 e. The molecule has 1 N–H and O–H groups in total. The van der Waals surface area contributed by atoms with E-state index in [2.05, 4.69) is 42.3 Å². The Hall–Kier alpha value is -1.10. The topological polar surface area (TPSA) is 33.7 Å². The molecule has 0 saturated carbocycles. The van der Waals surface area contributed by atoms with Gasteiger partial charge in [0.05, 0.1) is 13.2 Å². The first-order valence-corrected chi connectivity index (χ1v) is 7.96. The molecule has 0 aromatic heterocycles. The number of nitrogens with zero attached hydrogens (tertiary/aromatic N) is 1. The molecule has 2 rings (SSSR count). The molecule has 1 aliphatic rings. The summed E-state index contributed by atoms with van der Waals surface area (Å²) in [6.45, 7) is 12.0. The van der Waals surface area contributed by atoms with E-state index in [1.807, 2.05) is 0 Å². The molecule has 4 heteroatoms. The van der Waals surface area contributed by atoms with E-state index in [1.165, 1.54) is 11.1 Å². The normalized spacial score (nSPS) is 16.1. The van der Waals surface area contributed by atoms with Gasteiger partial charge in [-0.2, -0.15) is 0 Å². The Labute approximate surface area is 128 Å². The molecular weight excluding hydrogens is 264 g/mol. The van der Waals surface area contributed by atoms with Gasteiger partial charge < -0.3 is 14.8 Å². The highest BCUT2D eigenvalue weighted by molar-refractivity contribution is 5.35. The molecule has 0 radical (unpaired) electrons. The van der Waals surface area contributed by atoms with Gasteiger partial charge in [-0.3, -0.25) is 4.90 Å². The quantitative estimate of drug-likeness (QED) is 0.743. The summed E-state index contributed by atoms with van der Waals surface area (Å²) in [6, 6.07) is 6.29. The summed E-state index contributed by atoms with van der Waals surface area (Å²) in [5.41, 5.74) is 2.48. The van der Waals surface area contributed by atoms with Crippen LogP contribution in [0.4, 0.5) is 0 Å². The van der Waals surface area contributed by atoms with Gasteiger partial charge in [-0.05, 0) is 25.5 Å². The predicted molar refractivity (Wildman–Crippen MR) is 86.2 cm³/mol. The number of rotatable bonds is 8. The fourth-order valence-electron chi connectivity index (χ4n) is 2.53. The molecule has 0 bridgehead atoms. The van der Waals surface area contributed by atoms with Crippen LogP contribution in [0.15, 0.2) is 18.2 Å². The van der Waals surface area contributed by atoms with Crippen LogP contribution in [0.25, 0.3) is 0 Å². The third-order valence-corrected chi connectivity index (χ3v) is 3.78. The first-order valence-electron chi connectivity index (χ1n) is 7.96. The molecule has 1 saturated heterocycles. The summed E-state index contributed by atoms with van der Waals surface area (Å²) in [7, 11) is 0. The number of hydrogen-bond donors (Lipinski definition) is 1. The number of ether oxygens (including phenoxy) is 2. The van der Waals surface area contributed by atoms with E-state index in [1.54, 1.807) is 0 Å². The minimum atomic E-state index is 0.720. The number of piperazine rings is 1. The molecule has 0 amide bonds. The van der Waals surface area contributed by atoms with Crippen LogP contribution in [0.3, 0.4) is 0 Å². The zero-order chi connectivity index (χ0) is 14.9. The molecular formula is C17H28N2O2. The molecule has 1 aliphatic heterocycles. The minimum Gasteiger partial charge on any atom is -0.493 e. The molecule has 0 aliphatic carbocycles. The van der Waals surface area contributed by atoms with Gasteiger partial charge in [-0.15, -0.1) is 0 Å². The van der Waals surface area contributed by atoms with Crippen molar-refractivity contribution in [2.24, 2.45) is 0 Å². The van der Waals surface area contributed by atoms with E-state index in [-0.39, 0.29) is 0 Å². The third-order valence-electron chi connectivity index (χ3n) is 3.78. The standard InChI is InChI=1S/C17H28N2O2/c1-15-4-5-17(16(2)14-15)21-12-3-11-20-13-10-19-8-6-18-7-9-19/h4-5,14,18H,3,6-13H2,1-2H3. The van der Waals surface area contributed by atoms with Crippen molar-refractivity contribution in [2.75, 3.05) is 52.5 Å². The van der Waals surface area contributed by atoms with E-state index in [0.717, 1.165) is 64.7 Å². The molecule has 1 fully saturated rings. The average Bonchev–Trinajstić information content (AvgIpc) is 2.49. The van der Waals surface area contributed by atoms with Gasteiger partial charge >= 0.3 is 0 Å². The molecule has 1 aromatic rings. The van der Waals surface area contributed by atoms with E-state index < -0.39 is 0 Å². The molecule has 118 valence electrons. The molecule has 0 spiro atoms. The van der Waals surface area contributed by atoms with Crippen molar-refractivity contribution in [1.82, 2.24) is 10.2 Å². The average molecular weight is 292 g/mol. The summed E-state index contributed by atoms with van der Waals surface area (Å²) in [5.74, 6) is 0.987. The van der Waals surface area contributed by atoms with Crippen LogP contribution in [0, 0.1) is 13.8 Å². The van der Waals surface area contributed by atoms with Gasteiger partial charge in [0.1, 0.15) is 5.75 Å². The highest BCUT2D eigenvalue weighted by Crippen LogP contribution is 2.18. The highest BCUT2D eigenvalue weighted by Gasteiger charge is 2.08. The van der Waals surface area contributed by atoms with Crippen LogP contribution in [-0.2, 0) is 4.74 Å². The lowest BCUT2D eigenvalue weighted by atomic mass is 10.1. The minimum absolute atomic E-state index is 0.720. The number of nitrogens with one attached hydrogen (secondary N) is 1. The lowest BCUT2D eigenvalue weighted by Crippen LogP contribution is -2.44. The fourth-order valence-corrected chi connectivity index (χ4v) is 2.53. The van der Waals surface area contributed by atoms with Crippen molar-refractivity contribution in [3.8, 4) is 5.75 Å². The summed E-state index contributed by atoms with van der Waals surface area (Å²) >= 11 is 0. The lowest BCUT2D eigenvalue weighted by Gasteiger charge is -2.26. The zero-order valence-corrected chi connectivity index (χ0v) is 13.4. The first-order chi connectivity index (χ1) is 10.3. The fraction of sp³-hybridized carbons (Fsp3) is 0.647. The summed E-state index contributed by atoms with van der Waals surface area (Å²) < 4.78 is 11.5. The zero-order valence-electron chi connectivity index (χ0n) is 13.4. The van der Waals surface area contributed by atoms with Crippen LogP contribution in [0.1, 0.15) is 17.5 Å². The molecule has 1 heterocycles. The number of benzene rings is 1. The molecule has 21 heavy (non-hydrogen) atoms. The Morgan fingerprint density at radius 2 is 1.90 bits per heavy atom. The van der Waals surface area contributed by atoms with Crippen LogP contribution in [0.2, 0.25) is 0 Å². The molecule has 0 atom stereocenters. The Morgan fingerprint density at radius 3 is 2.67 bits per heavy atom. The van der Waals surface area contributed by atoms with Gasteiger partial charge in [0.2, 0.25) is 0 Å². The SMILES string of the molecule is Cc1ccc(OCCCOCCN2CCNCC2)c(C)c1. The Balaban J connectivity index is 1.50. The van der Waals surface area contributed by atoms with Gasteiger partial charge in [0.25, 0.3) is 0 Å². The molecule has 1 aromatic carbocycles. The van der Waals surface area contributed by atoms with Crippen LogP contribution in [-0.4, -0.2) is 57.4 Å². The van der Waals surface area contributed by atoms with E-state index in [9.17, 15) is 0 Å². The maximum Gasteiger partial charge on any atom is 0.122 e. The third kappa shape index (κ3) is 6.04.